The zero-order chi connectivity index (χ0) is 12.3. The number of carbonyl (C=O) groups is 1. The summed E-state index contributed by atoms with van der Waals surface area (Å²) in [5.41, 5.74) is 0. The van der Waals surface area contributed by atoms with E-state index in [0.29, 0.717) is 29.8 Å². The van der Waals surface area contributed by atoms with Crippen LogP contribution in [0.2, 0.25) is 0 Å². The fourth-order valence-electron chi connectivity index (χ4n) is 2.95. The Kier molecular flexibility index (Phi) is 4.74. The standard InChI is InChI=1S/C13H24N2OS/c1-3-6-17-9-13(16)15(2)12-7-10-4-5-11(8-12)14-10/h10-12,14H,3-9H2,1-2H3. The Morgan fingerprint density at radius 1 is 1.35 bits per heavy atom. The molecular formula is C13H24N2OS. The highest BCUT2D eigenvalue weighted by atomic mass is 32.2. The quantitative estimate of drug-likeness (QED) is 0.762. The van der Waals surface area contributed by atoms with Crippen LogP contribution in [0.5, 0.6) is 0 Å². The number of thioether (sulfide) groups is 1. The van der Waals surface area contributed by atoms with Gasteiger partial charge in [-0.05, 0) is 37.9 Å². The molecule has 0 aromatic carbocycles. The Labute approximate surface area is 109 Å². The zero-order valence-electron chi connectivity index (χ0n) is 10.9. The van der Waals surface area contributed by atoms with Gasteiger partial charge < -0.3 is 10.2 Å². The lowest BCUT2D eigenvalue weighted by Gasteiger charge is -2.35. The second kappa shape index (κ2) is 6.10. The molecular weight excluding hydrogens is 232 g/mol. The van der Waals surface area contributed by atoms with Crippen molar-refractivity contribution in [3.63, 3.8) is 0 Å². The number of fused-ring (bicyclic) bond motifs is 2. The molecule has 2 atom stereocenters. The monoisotopic (exact) mass is 256 g/mol. The van der Waals surface area contributed by atoms with Crippen LogP contribution in [-0.2, 0) is 4.79 Å². The van der Waals surface area contributed by atoms with Crippen LogP contribution in [0.1, 0.15) is 39.0 Å². The maximum atomic E-state index is 12.0. The molecule has 1 N–H and O–H groups in total. The molecule has 0 aliphatic carbocycles. The molecule has 2 aliphatic heterocycles. The van der Waals surface area contributed by atoms with Gasteiger partial charge in [0.25, 0.3) is 0 Å². The number of amides is 1. The Bertz CT molecular complexity index is 260. The first-order chi connectivity index (χ1) is 8.20. The fourth-order valence-corrected chi connectivity index (χ4v) is 3.76. The SMILES string of the molecule is CCCSCC(=O)N(C)C1CC2CCC(C1)N2. The average molecular weight is 256 g/mol. The van der Waals surface area contributed by atoms with Gasteiger partial charge in [0.1, 0.15) is 0 Å². The number of nitrogens with zero attached hydrogens (tertiary/aromatic N) is 1. The minimum Gasteiger partial charge on any atom is -0.342 e. The summed E-state index contributed by atoms with van der Waals surface area (Å²) in [6, 6.07) is 1.80. The molecule has 2 bridgehead atoms. The van der Waals surface area contributed by atoms with Crippen LogP contribution in [0.4, 0.5) is 0 Å². The summed E-state index contributed by atoms with van der Waals surface area (Å²) in [5, 5.41) is 3.62. The Morgan fingerprint density at radius 3 is 2.59 bits per heavy atom. The minimum absolute atomic E-state index is 0.315. The topological polar surface area (TPSA) is 32.3 Å². The van der Waals surface area contributed by atoms with Gasteiger partial charge in [-0.1, -0.05) is 6.92 Å². The summed E-state index contributed by atoms with van der Waals surface area (Å²) in [4.78, 5) is 14.0. The van der Waals surface area contributed by atoms with Crippen molar-refractivity contribution in [2.45, 2.75) is 57.2 Å². The summed E-state index contributed by atoms with van der Waals surface area (Å²) in [6.45, 7) is 2.16. The van der Waals surface area contributed by atoms with Gasteiger partial charge in [-0.2, -0.15) is 11.8 Å². The Balaban J connectivity index is 1.78. The molecule has 2 heterocycles. The number of piperidine rings is 1. The largest absolute Gasteiger partial charge is 0.342 e. The van der Waals surface area contributed by atoms with Crippen molar-refractivity contribution in [3.05, 3.63) is 0 Å². The normalized spacial score (nSPS) is 31.5. The predicted octanol–water partition coefficient (Wildman–Crippen LogP) is 1.87. The second-order valence-electron chi connectivity index (χ2n) is 5.32. The second-order valence-corrected chi connectivity index (χ2v) is 6.43. The van der Waals surface area contributed by atoms with Crippen molar-refractivity contribution in [2.24, 2.45) is 0 Å². The van der Waals surface area contributed by atoms with Crippen LogP contribution >= 0.6 is 11.8 Å². The first-order valence-corrected chi connectivity index (χ1v) is 7.95. The molecule has 0 spiro atoms. The summed E-state index contributed by atoms with van der Waals surface area (Å²) in [6.07, 6.45) is 6.05. The third kappa shape index (κ3) is 3.38. The van der Waals surface area contributed by atoms with E-state index < -0.39 is 0 Å². The van der Waals surface area contributed by atoms with Gasteiger partial charge in [0.15, 0.2) is 0 Å². The first kappa shape index (κ1) is 13.2. The lowest BCUT2D eigenvalue weighted by molar-refractivity contribution is -0.129. The molecule has 0 radical (unpaired) electrons. The zero-order valence-corrected chi connectivity index (χ0v) is 11.8. The molecule has 0 aromatic rings. The van der Waals surface area contributed by atoms with E-state index in [1.807, 2.05) is 11.9 Å². The molecule has 0 aromatic heterocycles. The highest BCUT2D eigenvalue weighted by Gasteiger charge is 2.36. The molecule has 2 rings (SSSR count). The van der Waals surface area contributed by atoms with E-state index in [9.17, 15) is 4.79 Å². The summed E-state index contributed by atoms with van der Waals surface area (Å²) >= 11 is 1.76. The molecule has 3 nitrogen and oxygen atoms in total. The van der Waals surface area contributed by atoms with E-state index in [-0.39, 0.29) is 0 Å². The molecule has 2 aliphatic rings. The fraction of sp³-hybridized carbons (Fsp3) is 0.923. The van der Waals surface area contributed by atoms with Crippen molar-refractivity contribution in [1.29, 1.82) is 0 Å². The summed E-state index contributed by atoms with van der Waals surface area (Å²) in [5.74, 6) is 2.07. The molecule has 1 amide bonds. The van der Waals surface area contributed by atoms with Crippen LogP contribution in [0, 0.1) is 0 Å². The van der Waals surface area contributed by atoms with Gasteiger partial charge in [0.05, 0.1) is 5.75 Å². The maximum absolute atomic E-state index is 12.0. The molecule has 2 fully saturated rings. The van der Waals surface area contributed by atoms with Gasteiger partial charge in [-0.3, -0.25) is 4.79 Å². The van der Waals surface area contributed by atoms with E-state index in [1.54, 1.807) is 11.8 Å². The Morgan fingerprint density at radius 2 is 2.00 bits per heavy atom. The molecule has 4 heteroatoms. The molecule has 0 saturated carbocycles. The van der Waals surface area contributed by atoms with E-state index in [1.165, 1.54) is 12.8 Å². The maximum Gasteiger partial charge on any atom is 0.232 e. The van der Waals surface area contributed by atoms with Crippen molar-refractivity contribution < 1.29 is 4.79 Å². The van der Waals surface area contributed by atoms with Gasteiger partial charge >= 0.3 is 0 Å². The predicted molar refractivity (Wildman–Crippen MR) is 73.4 cm³/mol. The highest BCUT2D eigenvalue weighted by Crippen LogP contribution is 2.29. The van der Waals surface area contributed by atoms with Crippen LogP contribution < -0.4 is 5.32 Å². The van der Waals surface area contributed by atoms with E-state index >= 15 is 0 Å². The van der Waals surface area contributed by atoms with Crippen LogP contribution in [0.15, 0.2) is 0 Å². The highest BCUT2D eigenvalue weighted by molar-refractivity contribution is 7.99. The van der Waals surface area contributed by atoms with Crippen LogP contribution in [-0.4, -0.2) is 47.5 Å². The molecule has 17 heavy (non-hydrogen) atoms. The number of carbonyl (C=O) groups excluding carboxylic acids is 1. The van der Waals surface area contributed by atoms with Crippen molar-refractivity contribution >= 4 is 17.7 Å². The van der Waals surface area contributed by atoms with Gasteiger partial charge in [-0.15, -0.1) is 0 Å². The Hall–Kier alpha value is -0.220. The van der Waals surface area contributed by atoms with E-state index in [2.05, 4.69) is 12.2 Å². The van der Waals surface area contributed by atoms with Crippen molar-refractivity contribution in [3.8, 4) is 0 Å². The number of rotatable bonds is 5. The van der Waals surface area contributed by atoms with Gasteiger partial charge in [0, 0.05) is 25.2 Å². The lowest BCUT2D eigenvalue weighted by Crippen LogP contribution is -2.49. The van der Waals surface area contributed by atoms with Crippen molar-refractivity contribution in [1.82, 2.24) is 10.2 Å². The van der Waals surface area contributed by atoms with E-state index in [0.717, 1.165) is 25.0 Å². The molecule has 98 valence electrons. The van der Waals surface area contributed by atoms with Crippen molar-refractivity contribution in [2.75, 3.05) is 18.6 Å². The number of hydrogen-bond donors (Lipinski definition) is 1. The average Bonchev–Trinajstić information content (AvgIpc) is 2.67. The van der Waals surface area contributed by atoms with Gasteiger partial charge in [-0.25, -0.2) is 0 Å². The third-order valence-electron chi connectivity index (χ3n) is 3.96. The lowest BCUT2D eigenvalue weighted by atomic mass is 9.98. The third-order valence-corrected chi connectivity index (χ3v) is 5.11. The smallest absolute Gasteiger partial charge is 0.232 e. The van der Waals surface area contributed by atoms with E-state index in [4.69, 9.17) is 0 Å². The first-order valence-electron chi connectivity index (χ1n) is 6.80. The van der Waals surface area contributed by atoms with Crippen LogP contribution in [0.25, 0.3) is 0 Å². The summed E-state index contributed by atoms with van der Waals surface area (Å²) < 4.78 is 0. The number of nitrogens with one attached hydrogen (secondary N) is 1. The summed E-state index contributed by atoms with van der Waals surface area (Å²) in [7, 11) is 1.99. The molecule has 2 unspecified atom stereocenters. The minimum atomic E-state index is 0.315. The number of hydrogen-bond acceptors (Lipinski definition) is 3. The van der Waals surface area contributed by atoms with Crippen LogP contribution in [0.3, 0.4) is 0 Å². The molecule has 2 saturated heterocycles. The van der Waals surface area contributed by atoms with Gasteiger partial charge in [0.2, 0.25) is 5.91 Å².